The molecule has 2 rings (SSSR count). The summed E-state index contributed by atoms with van der Waals surface area (Å²) >= 11 is 0. The van der Waals surface area contributed by atoms with Crippen LogP contribution in [0.4, 0.5) is 14.9 Å². The van der Waals surface area contributed by atoms with Gasteiger partial charge in [-0.15, -0.1) is 6.58 Å². The summed E-state index contributed by atoms with van der Waals surface area (Å²) in [7, 11) is 0. The van der Waals surface area contributed by atoms with Crippen molar-refractivity contribution < 1.29 is 24.2 Å². The molecule has 0 fully saturated rings. The van der Waals surface area contributed by atoms with Crippen molar-refractivity contribution >= 4 is 11.8 Å². The van der Waals surface area contributed by atoms with Crippen LogP contribution in [0.1, 0.15) is 38.0 Å². The molecule has 1 amide bonds. The minimum Gasteiger partial charge on any atom is -0.444 e. The summed E-state index contributed by atoms with van der Waals surface area (Å²) < 4.78 is 20.4. The van der Waals surface area contributed by atoms with Crippen molar-refractivity contribution in [2.45, 2.75) is 32.5 Å². The van der Waals surface area contributed by atoms with E-state index in [-0.39, 0.29) is 23.3 Å². The highest BCUT2D eigenvalue weighted by Crippen LogP contribution is 2.26. The quantitative estimate of drug-likeness (QED) is 0.540. The first-order valence-corrected chi connectivity index (χ1v) is 8.61. The first-order chi connectivity index (χ1) is 13.1. The lowest BCUT2D eigenvalue weighted by molar-refractivity contribution is 0.0636. The smallest absolute Gasteiger partial charge is 0.412 e. The van der Waals surface area contributed by atoms with Crippen molar-refractivity contribution in [2.24, 2.45) is 4.99 Å². The zero-order valence-electron chi connectivity index (χ0n) is 16.0. The summed E-state index contributed by atoms with van der Waals surface area (Å²) in [5.41, 5.74) is 0.0787. The number of amides is 1. The van der Waals surface area contributed by atoms with Gasteiger partial charge in [0.2, 0.25) is 0 Å². The van der Waals surface area contributed by atoms with Crippen molar-refractivity contribution in [3.8, 4) is 0 Å². The number of pyridine rings is 1. The summed E-state index contributed by atoms with van der Waals surface area (Å²) in [6, 6.07) is 6.82. The van der Waals surface area contributed by atoms with E-state index < -0.39 is 23.6 Å². The highest BCUT2D eigenvalue weighted by molar-refractivity contribution is 5.84. The lowest BCUT2D eigenvalue weighted by atomic mass is 10.0. The number of anilines is 1. The monoisotopic (exact) mass is 389 g/mol. The first kappa shape index (κ1) is 21.2. The van der Waals surface area contributed by atoms with Crippen LogP contribution in [0.15, 0.2) is 54.2 Å². The highest BCUT2D eigenvalue weighted by Gasteiger charge is 2.19. The number of carbonyl (C=O) groups excluding carboxylic acids is 1. The Morgan fingerprint density at radius 1 is 1.39 bits per heavy atom. The van der Waals surface area contributed by atoms with E-state index in [1.165, 1.54) is 30.5 Å². The Morgan fingerprint density at radius 3 is 2.71 bits per heavy atom. The van der Waals surface area contributed by atoms with E-state index in [0.29, 0.717) is 5.56 Å². The normalized spacial score (nSPS) is 13.1. The maximum absolute atomic E-state index is 14.5. The minimum atomic E-state index is -1.28. The Kier molecular flexibility index (Phi) is 6.58. The van der Waals surface area contributed by atoms with Gasteiger partial charge in [-0.05, 0) is 50.6 Å². The molecular formula is C20H24FN3O4. The Balaban J connectivity index is 2.24. The molecule has 0 bridgehead atoms. The molecule has 0 aliphatic carbocycles. The fourth-order valence-corrected chi connectivity index (χ4v) is 2.37. The molecule has 0 radical (unpaired) electrons. The van der Waals surface area contributed by atoms with E-state index in [1.807, 2.05) is 0 Å². The molecule has 0 saturated carbocycles. The van der Waals surface area contributed by atoms with Crippen LogP contribution in [0.2, 0.25) is 0 Å². The number of carbonyl (C=O) groups is 1. The van der Waals surface area contributed by atoms with Gasteiger partial charge in [-0.1, -0.05) is 12.1 Å². The zero-order valence-corrected chi connectivity index (χ0v) is 16.0. The second-order valence-electron chi connectivity index (χ2n) is 7.06. The summed E-state index contributed by atoms with van der Waals surface area (Å²) in [6.45, 7) is 8.99. The van der Waals surface area contributed by atoms with Gasteiger partial charge in [0.1, 0.15) is 17.5 Å². The van der Waals surface area contributed by atoms with Gasteiger partial charge < -0.3 is 15.1 Å². The summed E-state index contributed by atoms with van der Waals surface area (Å²) in [4.78, 5) is 15.9. The van der Waals surface area contributed by atoms with Gasteiger partial charge in [-0.3, -0.25) is 10.3 Å². The molecule has 7 nitrogen and oxygen atoms in total. The first-order valence-electron chi connectivity index (χ1n) is 8.61. The van der Waals surface area contributed by atoms with Gasteiger partial charge in [-0.2, -0.15) is 4.73 Å². The third-order valence-corrected chi connectivity index (χ3v) is 3.58. The van der Waals surface area contributed by atoms with E-state index in [1.54, 1.807) is 26.8 Å². The van der Waals surface area contributed by atoms with Gasteiger partial charge in [0.05, 0.1) is 6.54 Å². The summed E-state index contributed by atoms with van der Waals surface area (Å²) in [5, 5.41) is 22.7. The van der Waals surface area contributed by atoms with Crippen LogP contribution in [-0.4, -0.2) is 33.3 Å². The number of hydrogen-bond donors (Lipinski definition) is 3. The molecule has 1 aromatic heterocycles. The van der Waals surface area contributed by atoms with Crippen LogP contribution in [-0.2, 0) is 4.74 Å². The van der Waals surface area contributed by atoms with Crippen LogP contribution < -0.4 is 10.8 Å². The SMILES string of the molecule is C=CCN=c1cc(C(O)c2ccc(NC(=O)OC(C)(C)C)cc2F)ccn1O. The molecule has 1 heterocycles. The van der Waals surface area contributed by atoms with E-state index in [9.17, 15) is 19.5 Å². The second kappa shape index (κ2) is 8.71. The molecule has 0 spiro atoms. The van der Waals surface area contributed by atoms with E-state index in [2.05, 4.69) is 16.9 Å². The third kappa shape index (κ3) is 5.68. The molecule has 3 N–H and O–H groups in total. The van der Waals surface area contributed by atoms with Crippen molar-refractivity contribution in [3.05, 3.63) is 71.6 Å². The number of benzene rings is 1. The maximum Gasteiger partial charge on any atom is 0.412 e. The number of ether oxygens (including phenoxy) is 1. The number of aliphatic hydroxyl groups excluding tert-OH is 1. The van der Waals surface area contributed by atoms with E-state index >= 15 is 0 Å². The molecule has 28 heavy (non-hydrogen) atoms. The average molecular weight is 389 g/mol. The van der Waals surface area contributed by atoms with E-state index in [4.69, 9.17) is 4.74 Å². The summed E-state index contributed by atoms with van der Waals surface area (Å²) in [5.74, 6) is -0.702. The molecule has 150 valence electrons. The minimum absolute atomic E-state index is 0.0140. The Hall–Kier alpha value is -3.13. The fraction of sp³-hybridized carbons (Fsp3) is 0.300. The lowest BCUT2D eigenvalue weighted by Gasteiger charge is -2.20. The number of aromatic nitrogens is 1. The Bertz CT molecular complexity index is 932. The van der Waals surface area contributed by atoms with E-state index in [0.717, 1.165) is 10.8 Å². The standard InChI is InChI=1S/C20H24FN3O4/c1-5-9-22-17-11-13(8-10-24(17)27)18(25)15-7-6-14(12-16(15)21)23-19(26)28-20(2,3)4/h5-8,10-12,18,25,27H,1,9H2,2-4H3,(H,23,26). The van der Waals surface area contributed by atoms with Crippen LogP contribution in [0.3, 0.4) is 0 Å². The number of hydrogen-bond acceptors (Lipinski definition) is 5. The molecule has 0 saturated heterocycles. The second-order valence-corrected chi connectivity index (χ2v) is 7.06. The van der Waals surface area contributed by atoms with Crippen LogP contribution >= 0.6 is 0 Å². The van der Waals surface area contributed by atoms with Crippen LogP contribution in [0, 0.1) is 5.82 Å². The number of rotatable bonds is 5. The molecule has 2 aromatic rings. The molecule has 8 heteroatoms. The average Bonchev–Trinajstić information content (AvgIpc) is 2.59. The Labute approximate surface area is 162 Å². The predicted octanol–water partition coefficient (Wildman–Crippen LogP) is 3.38. The lowest BCUT2D eigenvalue weighted by Crippen LogP contribution is -2.27. The number of aliphatic hydroxyl groups is 1. The number of nitrogens with zero attached hydrogens (tertiary/aromatic N) is 2. The molecule has 0 aliphatic rings. The third-order valence-electron chi connectivity index (χ3n) is 3.58. The van der Waals surface area contributed by atoms with Crippen molar-refractivity contribution in [1.82, 2.24) is 4.73 Å². The molecular weight excluding hydrogens is 365 g/mol. The Morgan fingerprint density at radius 2 is 2.11 bits per heavy atom. The maximum atomic E-state index is 14.5. The molecule has 0 aliphatic heterocycles. The summed E-state index contributed by atoms with van der Waals surface area (Å²) in [6.07, 6.45) is 0.870. The van der Waals surface area contributed by atoms with Crippen molar-refractivity contribution in [1.29, 1.82) is 0 Å². The molecule has 1 atom stereocenters. The molecule has 1 unspecified atom stereocenters. The number of halogens is 1. The van der Waals surface area contributed by atoms with Crippen molar-refractivity contribution in [2.75, 3.05) is 11.9 Å². The largest absolute Gasteiger partial charge is 0.444 e. The van der Waals surface area contributed by atoms with Gasteiger partial charge in [0.25, 0.3) is 0 Å². The zero-order chi connectivity index (χ0) is 20.9. The van der Waals surface area contributed by atoms with Crippen molar-refractivity contribution in [3.63, 3.8) is 0 Å². The van der Waals surface area contributed by atoms with Gasteiger partial charge >= 0.3 is 6.09 Å². The molecule has 1 aromatic carbocycles. The van der Waals surface area contributed by atoms with Gasteiger partial charge in [0, 0.05) is 17.4 Å². The van der Waals surface area contributed by atoms with Crippen LogP contribution in [0.25, 0.3) is 0 Å². The number of nitrogens with one attached hydrogen (secondary N) is 1. The van der Waals surface area contributed by atoms with Gasteiger partial charge in [-0.25, -0.2) is 9.18 Å². The fourth-order valence-electron chi connectivity index (χ4n) is 2.37. The highest BCUT2D eigenvalue weighted by atomic mass is 19.1. The predicted molar refractivity (Wildman–Crippen MR) is 103 cm³/mol. The topological polar surface area (TPSA) is 96.1 Å². The van der Waals surface area contributed by atoms with Gasteiger partial charge in [0.15, 0.2) is 5.49 Å². The van der Waals surface area contributed by atoms with Crippen LogP contribution in [0.5, 0.6) is 0 Å².